The van der Waals surface area contributed by atoms with Gasteiger partial charge in [-0.05, 0) is 31.6 Å². The standard InChI is InChI=1S/C13H23O2/c14-13(12-8-4-5-9-12)15-10-11-6-2-1-3-7-11/h11-13H,1-10H2. The van der Waals surface area contributed by atoms with Crippen LogP contribution in [0.25, 0.3) is 0 Å². The summed E-state index contributed by atoms with van der Waals surface area (Å²) in [5.74, 6) is 0.991. The fourth-order valence-corrected chi connectivity index (χ4v) is 2.95. The van der Waals surface area contributed by atoms with Gasteiger partial charge in [0, 0.05) is 5.92 Å². The molecule has 2 fully saturated rings. The molecule has 0 spiro atoms. The first-order chi connectivity index (χ1) is 7.36. The molecule has 1 unspecified atom stereocenters. The van der Waals surface area contributed by atoms with E-state index in [4.69, 9.17) is 4.74 Å². The predicted octanol–water partition coefficient (Wildman–Crippen LogP) is 3.53. The van der Waals surface area contributed by atoms with Gasteiger partial charge in [-0.25, -0.2) is 5.11 Å². The fraction of sp³-hybridized carbons (Fsp3) is 1.00. The van der Waals surface area contributed by atoms with Crippen LogP contribution >= 0.6 is 0 Å². The molecule has 1 atom stereocenters. The second-order valence-electron chi connectivity index (χ2n) is 5.25. The van der Waals surface area contributed by atoms with Gasteiger partial charge in [-0.2, -0.15) is 0 Å². The van der Waals surface area contributed by atoms with Crippen molar-refractivity contribution in [2.75, 3.05) is 6.61 Å². The zero-order valence-electron chi connectivity index (χ0n) is 9.62. The van der Waals surface area contributed by atoms with Crippen molar-refractivity contribution in [2.24, 2.45) is 11.8 Å². The lowest BCUT2D eigenvalue weighted by molar-refractivity contribution is -0.178. The van der Waals surface area contributed by atoms with Gasteiger partial charge < -0.3 is 4.74 Å². The molecule has 2 rings (SSSR count). The zero-order chi connectivity index (χ0) is 10.5. The molecule has 15 heavy (non-hydrogen) atoms. The van der Waals surface area contributed by atoms with Crippen LogP contribution in [-0.4, -0.2) is 12.9 Å². The van der Waals surface area contributed by atoms with Crippen molar-refractivity contribution in [2.45, 2.75) is 64.1 Å². The van der Waals surface area contributed by atoms with Crippen LogP contribution in [0.15, 0.2) is 0 Å². The molecule has 0 aliphatic heterocycles. The van der Waals surface area contributed by atoms with Crippen LogP contribution in [0, 0.1) is 11.8 Å². The van der Waals surface area contributed by atoms with Crippen molar-refractivity contribution in [1.82, 2.24) is 0 Å². The van der Waals surface area contributed by atoms with Crippen molar-refractivity contribution in [3.63, 3.8) is 0 Å². The minimum absolute atomic E-state index is 0.314. The van der Waals surface area contributed by atoms with E-state index in [-0.39, 0.29) is 0 Å². The number of hydrogen-bond donors (Lipinski definition) is 0. The summed E-state index contributed by atoms with van der Waals surface area (Å²) in [6.45, 7) is 0.727. The first kappa shape index (κ1) is 11.4. The quantitative estimate of drug-likeness (QED) is 0.654. The Balaban J connectivity index is 1.63. The van der Waals surface area contributed by atoms with Crippen molar-refractivity contribution in [3.8, 4) is 0 Å². The molecule has 0 aromatic carbocycles. The summed E-state index contributed by atoms with van der Waals surface area (Å²) in [5, 5.41) is 11.7. The van der Waals surface area contributed by atoms with Gasteiger partial charge in [-0.15, -0.1) is 0 Å². The molecule has 2 aliphatic carbocycles. The third-order valence-corrected chi connectivity index (χ3v) is 4.01. The third-order valence-electron chi connectivity index (χ3n) is 4.01. The molecule has 0 heterocycles. The summed E-state index contributed by atoms with van der Waals surface area (Å²) in [7, 11) is 0. The minimum atomic E-state index is -0.727. The Morgan fingerprint density at radius 3 is 2.20 bits per heavy atom. The summed E-state index contributed by atoms with van der Waals surface area (Å²) in [5.41, 5.74) is 0. The molecule has 0 bridgehead atoms. The van der Waals surface area contributed by atoms with Crippen molar-refractivity contribution in [3.05, 3.63) is 0 Å². The van der Waals surface area contributed by atoms with Crippen molar-refractivity contribution >= 4 is 0 Å². The molecule has 0 aromatic heterocycles. The smallest absolute Gasteiger partial charge is 0.194 e. The molecule has 2 nitrogen and oxygen atoms in total. The Labute approximate surface area is 93.0 Å². The summed E-state index contributed by atoms with van der Waals surface area (Å²) in [4.78, 5) is 0. The first-order valence-corrected chi connectivity index (χ1v) is 6.63. The lowest BCUT2D eigenvalue weighted by atomic mass is 9.90. The maximum absolute atomic E-state index is 11.7. The Bertz CT molecular complexity index is 169. The number of ether oxygens (including phenoxy) is 1. The van der Waals surface area contributed by atoms with E-state index in [1.54, 1.807) is 0 Å². The second kappa shape index (κ2) is 5.86. The van der Waals surface area contributed by atoms with Gasteiger partial charge in [-0.1, -0.05) is 32.1 Å². The summed E-state index contributed by atoms with van der Waals surface area (Å²) >= 11 is 0. The van der Waals surface area contributed by atoms with E-state index in [1.165, 1.54) is 44.9 Å². The predicted molar refractivity (Wildman–Crippen MR) is 59.0 cm³/mol. The highest BCUT2D eigenvalue weighted by molar-refractivity contribution is 4.70. The van der Waals surface area contributed by atoms with E-state index in [9.17, 15) is 5.11 Å². The van der Waals surface area contributed by atoms with Gasteiger partial charge in [0.05, 0.1) is 6.61 Å². The average Bonchev–Trinajstić information content (AvgIpc) is 2.81. The molecule has 87 valence electrons. The van der Waals surface area contributed by atoms with E-state index in [2.05, 4.69) is 0 Å². The van der Waals surface area contributed by atoms with E-state index in [1.807, 2.05) is 0 Å². The van der Waals surface area contributed by atoms with Gasteiger partial charge >= 0.3 is 0 Å². The van der Waals surface area contributed by atoms with Gasteiger partial charge in [0.1, 0.15) is 0 Å². The van der Waals surface area contributed by atoms with Gasteiger partial charge in [0.2, 0.25) is 0 Å². The summed E-state index contributed by atoms with van der Waals surface area (Å²) in [6, 6.07) is 0. The topological polar surface area (TPSA) is 29.1 Å². The molecule has 0 N–H and O–H groups in total. The largest absolute Gasteiger partial charge is 0.349 e. The van der Waals surface area contributed by atoms with Crippen LogP contribution in [0.3, 0.4) is 0 Å². The Morgan fingerprint density at radius 1 is 0.933 bits per heavy atom. The number of hydrogen-bond acceptors (Lipinski definition) is 1. The van der Waals surface area contributed by atoms with Crippen molar-refractivity contribution in [1.29, 1.82) is 0 Å². The number of rotatable bonds is 4. The Kier molecular flexibility index (Phi) is 4.45. The van der Waals surface area contributed by atoms with Crippen molar-refractivity contribution < 1.29 is 9.84 Å². The van der Waals surface area contributed by atoms with Gasteiger partial charge in [-0.3, -0.25) is 0 Å². The first-order valence-electron chi connectivity index (χ1n) is 6.63. The normalized spacial score (nSPS) is 27.0. The summed E-state index contributed by atoms with van der Waals surface area (Å²) < 4.78 is 5.51. The van der Waals surface area contributed by atoms with Gasteiger partial charge in [0.25, 0.3) is 0 Å². The minimum Gasteiger partial charge on any atom is -0.349 e. The fourth-order valence-electron chi connectivity index (χ4n) is 2.95. The highest BCUT2D eigenvalue weighted by Gasteiger charge is 2.26. The molecule has 2 saturated carbocycles. The molecule has 1 radical (unpaired) electrons. The molecule has 2 heteroatoms. The monoisotopic (exact) mass is 211 g/mol. The lowest BCUT2D eigenvalue weighted by Gasteiger charge is -2.24. The molecule has 2 aliphatic rings. The third kappa shape index (κ3) is 3.46. The molecule has 0 aromatic rings. The average molecular weight is 211 g/mol. The summed E-state index contributed by atoms with van der Waals surface area (Å²) in [6.07, 6.45) is 10.5. The molecule has 0 amide bonds. The van der Waals surface area contributed by atoms with Gasteiger partial charge in [0.15, 0.2) is 6.29 Å². The Hall–Kier alpha value is -0.0800. The van der Waals surface area contributed by atoms with E-state index >= 15 is 0 Å². The highest BCUT2D eigenvalue weighted by Crippen LogP contribution is 2.30. The SMILES string of the molecule is [O]C(OCC1CCCCC1)C1CCCC1. The van der Waals surface area contributed by atoms with Crippen LogP contribution in [-0.2, 0) is 9.84 Å². The molecular weight excluding hydrogens is 188 g/mol. The molecular formula is C13H23O2. The maximum atomic E-state index is 11.7. The highest BCUT2D eigenvalue weighted by atomic mass is 16.6. The van der Waals surface area contributed by atoms with E-state index in [0.717, 1.165) is 19.4 Å². The van der Waals surface area contributed by atoms with Crippen LogP contribution in [0.2, 0.25) is 0 Å². The van der Waals surface area contributed by atoms with Crippen LogP contribution in [0.1, 0.15) is 57.8 Å². The zero-order valence-corrected chi connectivity index (χ0v) is 9.62. The Morgan fingerprint density at radius 2 is 1.53 bits per heavy atom. The lowest BCUT2D eigenvalue weighted by Crippen LogP contribution is -2.24. The van der Waals surface area contributed by atoms with E-state index < -0.39 is 6.29 Å². The van der Waals surface area contributed by atoms with E-state index in [0.29, 0.717) is 11.8 Å². The van der Waals surface area contributed by atoms with Crippen LogP contribution in [0.5, 0.6) is 0 Å². The van der Waals surface area contributed by atoms with Crippen LogP contribution < -0.4 is 0 Å². The van der Waals surface area contributed by atoms with Crippen LogP contribution in [0.4, 0.5) is 0 Å². The second-order valence-corrected chi connectivity index (χ2v) is 5.25. The maximum Gasteiger partial charge on any atom is 0.194 e. The molecule has 0 saturated heterocycles.